The van der Waals surface area contributed by atoms with Crippen LogP contribution in [0, 0.1) is 0 Å². The molecule has 0 saturated heterocycles. The molecular formula is C16H23NO3. The number of aliphatic hydroxyl groups is 1. The van der Waals surface area contributed by atoms with E-state index >= 15 is 0 Å². The molecule has 0 aliphatic heterocycles. The number of carbonyl (C=O) groups is 1. The van der Waals surface area contributed by atoms with Gasteiger partial charge in [-0.05, 0) is 37.8 Å². The maximum atomic E-state index is 12.2. The molecule has 2 rings (SSSR count). The largest absolute Gasteiger partial charge is 0.493 e. The monoisotopic (exact) mass is 277 g/mol. The molecule has 0 heterocycles. The first-order valence-corrected chi connectivity index (χ1v) is 7.39. The average Bonchev–Trinajstić information content (AvgIpc) is 2.42. The Morgan fingerprint density at radius 2 is 2.05 bits per heavy atom. The lowest BCUT2D eigenvalue weighted by molar-refractivity contribution is -0.136. The number of hydrogen-bond donors (Lipinski definition) is 1. The lowest BCUT2D eigenvalue weighted by Crippen LogP contribution is -2.45. The van der Waals surface area contributed by atoms with Gasteiger partial charge in [-0.15, -0.1) is 0 Å². The molecule has 1 aliphatic carbocycles. The van der Waals surface area contributed by atoms with E-state index in [2.05, 4.69) is 0 Å². The summed E-state index contributed by atoms with van der Waals surface area (Å²) in [4.78, 5) is 14.2. The van der Waals surface area contributed by atoms with Crippen molar-refractivity contribution in [3.63, 3.8) is 0 Å². The summed E-state index contributed by atoms with van der Waals surface area (Å²) < 4.78 is 5.57. The number of carbonyl (C=O) groups excluding carboxylic acids is 1. The number of ether oxygens (including phenoxy) is 1. The van der Waals surface area contributed by atoms with Crippen molar-refractivity contribution in [1.82, 2.24) is 4.90 Å². The molecule has 1 aromatic rings. The highest BCUT2D eigenvalue weighted by atomic mass is 16.5. The molecular weight excluding hydrogens is 254 g/mol. The topological polar surface area (TPSA) is 49.8 Å². The molecule has 1 saturated carbocycles. The van der Waals surface area contributed by atoms with Crippen LogP contribution in [0.2, 0.25) is 0 Å². The molecule has 1 aliphatic rings. The fourth-order valence-electron chi connectivity index (χ4n) is 2.37. The molecule has 0 aromatic heterocycles. The molecule has 4 heteroatoms. The third-order valence-electron chi connectivity index (χ3n) is 3.72. The summed E-state index contributed by atoms with van der Waals surface area (Å²) in [7, 11) is 0. The van der Waals surface area contributed by atoms with Gasteiger partial charge in [0.25, 0.3) is 0 Å². The number of aliphatic hydroxyl groups excluding tert-OH is 1. The molecule has 0 radical (unpaired) electrons. The Morgan fingerprint density at radius 3 is 2.65 bits per heavy atom. The lowest BCUT2D eigenvalue weighted by atomic mass is 9.91. The maximum Gasteiger partial charge on any atom is 0.226 e. The first-order chi connectivity index (χ1) is 9.81. The zero-order valence-corrected chi connectivity index (χ0v) is 11.8. The highest BCUT2D eigenvalue weighted by Crippen LogP contribution is 2.25. The van der Waals surface area contributed by atoms with Gasteiger partial charge < -0.3 is 14.7 Å². The average molecular weight is 277 g/mol. The van der Waals surface area contributed by atoms with Crippen LogP contribution in [0.4, 0.5) is 0 Å². The highest BCUT2D eigenvalue weighted by molar-refractivity contribution is 5.76. The van der Waals surface area contributed by atoms with Gasteiger partial charge in [0.2, 0.25) is 5.91 Å². The Kier molecular flexibility index (Phi) is 5.87. The minimum absolute atomic E-state index is 0.136. The standard InChI is InChI=1S/C16H23NO3/c18-12-5-11-17(14-6-4-7-14)16(19)10-13-20-15-8-2-1-3-9-15/h1-3,8-9,14,18H,4-7,10-13H2. The van der Waals surface area contributed by atoms with E-state index in [1.165, 1.54) is 6.42 Å². The summed E-state index contributed by atoms with van der Waals surface area (Å²) in [6.07, 6.45) is 4.44. The molecule has 0 bridgehead atoms. The van der Waals surface area contributed by atoms with Crippen LogP contribution in [0.1, 0.15) is 32.1 Å². The van der Waals surface area contributed by atoms with Crippen LogP contribution in [0.25, 0.3) is 0 Å². The zero-order chi connectivity index (χ0) is 14.2. The van der Waals surface area contributed by atoms with E-state index in [4.69, 9.17) is 9.84 Å². The number of nitrogens with zero attached hydrogens (tertiary/aromatic N) is 1. The van der Waals surface area contributed by atoms with Gasteiger partial charge in [-0.1, -0.05) is 18.2 Å². The lowest BCUT2D eigenvalue weighted by Gasteiger charge is -2.37. The van der Waals surface area contributed by atoms with Gasteiger partial charge in [-0.2, -0.15) is 0 Å². The summed E-state index contributed by atoms with van der Waals surface area (Å²) in [5.41, 5.74) is 0. The smallest absolute Gasteiger partial charge is 0.226 e. The Labute approximate surface area is 120 Å². The molecule has 1 amide bonds. The van der Waals surface area contributed by atoms with Crippen molar-refractivity contribution in [2.45, 2.75) is 38.1 Å². The van der Waals surface area contributed by atoms with E-state index in [0.717, 1.165) is 18.6 Å². The Hall–Kier alpha value is -1.55. The van der Waals surface area contributed by atoms with Crippen molar-refractivity contribution in [3.8, 4) is 5.75 Å². The SMILES string of the molecule is O=C(CCOc1ccccc1)N(CCCO)C1CCC1. The van der Waals surface area contributed by atoms with Gasteiger partial charge in [0.05, 0.1) is 13.0 Å². The molecule has 1 N–H and O–H groups in total. The number of hydrogen-bond acceptors (Lipinski definition) is 3. The minimum Gasteiger partial charge on any atom is -0.493 e. The van der Waals surface area contributed by atoms with Crippen LogP contribution in [0.3, 0.4) is 0 Å². The number of benzene rings is 1. The molecule has 0 atom stereocenters. The summed E-state index contributed by atoms with van der Waals surface area (Å²) >= 11 is 0. The third-order valence-corrected chi connectivity index (χ3v) is 3.72. The van der Waals surface area contributed by atoms with Gasteiger partial charge in [-0.3, -0.25) is 4.79 Å². The molecule has 4 nitrogen and oxygen atoms in total. The van der Waals surface area contributed by atoms with Crippen molar-refractivity contribution in [2.75, 3.05) is 19.8 Å². The van der Waals surface area contributed by atoms with E-state index in [-0.39, 0.29) is 12.5 Å². The van der Waals surface area contributed by atoms with Crippen LogP contribution in [-0.4, -0.2) is 41.7 Å². The Bertz CT molecular complexity index is 403. The van der Waals surface area contributed by atoms with Gasteiger partial charge in [0, 0.05) is 19.2 Å². The van der Waals surface area contributed by atoms with E-state index in [1.54, 1.807) is 0 Å². The molecule has 110 valence electrons. The van der Waals surface area contributed by atoms with Gasteiger partial charge in [-0.25, -0.2) is 0 Å². The quantitative estimate of drug-likeness (QED) is 0.792. The van der Waals surface area contributed by atoms with Gasteiger partial charge >= 0.3 is 0 Å². The van der Waals surface area contributed by atoms with Crippen molar-refractivity contribution >= 4 is 5.91 Å². The predicted octanol–water partition coefficient (Wildman–Crippen LogP) is 2.22. The Balaban J connectivity index is 1.76. The van der Waals surface area contributed by atoms with E-state index in [9.17, 15) is 4.79 Å². The van der Waals surface area contributed by atoms with Crippen LogP contribution >= 0.6 is 0 Å². The fourth-order valence-corrected chi connectivity index (χ4v) is 2.37. The van der Waals surface area contributed by atoms with Crippen molar-refractivity contribution in [3.05, 3.63) is 30.3 Å². The molecule has 1 aromatic carbocycles. The normalized spacial score (nSPS) is 14.7. The van der Waals surface area contributed by atoms with Crippen LogP contribution in [-0.2, 0) is 4.79 Å². The summed E-state index contributed by atoms with van der Waals surface area (Å²) in [5.74, 6) is 0.935. The summed E-state index contributed by atoms with van der Waals surface area (Å²) in [5, 5.41) is 8.93. The summed E-state index contributed by atoms with van der Waals surface area (Å²) in [6.45, 7) is 1.20. The van der Waals surface area contributed by atoms with Crippen LogP contribution in [0.5, 0.6) is 5.75 Å². The zero-order valence-electron chi connectivity index (χ0n) is 11.8. The second-order valence-electron chi connectivity index (χ2n) is 5.16. The van der Waals surface area contributed by atoms with E-state index in [0.29, 0.717) is 32.0 Å². The molecule has 0 spiro atoms. The molecule has 0 unspecified atom stereocenters. The van der Waals surface area contributed by atoms with Crippen molar-refractivity contribution in [1.29, 1.82) is 0 Å². The fraction of sp³-hybridized carbons (Fsp3) is 0.562. The van der Waals surface area contributed by atoms with Crippen LogP contribution in [0.15, 0.2) is 30.3 Å². The number of rotatable bonds is 8. The molecule has 1 fully saturated rings. The predicted molar refractivity (Wildman–Crippen MR) is 77.6 cm³/mol. The van der Waals surface area contributed by atoms with Crippen molar-refractivity contribution < 1.29 is 14.6 Å². The maximum absolute atomic E-state index is 12.2. The second kappa shape index (κ2) is 7.90. The third kappa shape index (κ3) is 4.23. The first-order valence-electron chi connectivity index (χ1n) is 7.39. The number of para-hydroxylation sites is 1. The number of amides is 1. The van der Waals surface area contributed by atoms with E-state index < -0.39 is 0 Å². The highest BCUT2D eigenvalue weighted by Gasteiger charge is 2.27. The van der Waals surface area contributed by atoms with Gasteiger partial charge in [0.15, 0.2) is 0 Å². The second-order valence-corrected chi connectivity index (χ2v) is 5.16. The van der Waals surface area contributed by atoms with Crippen LogP contribution < -0.4 is 4.74 Å². The first kappa shape index (κ1) is 14.9. The Morgan fingerprint density at radius 1 is 1.30 bits per heavy atom. The van der Waals surface area contributed by atoms with E-state index in [1.807, 2.05) is 35.2 Å². The van der Waals surface area contributed by atoms with Gasteiger partial charge in [0.1, 0.15) is 5.75 Å². The minimum atomic E-state index is 0.136. The summed E-state index contributed by atoms with van der Waals surface area (Å²) in [6, 6.07) is 9.93. The molecule has 20 heavy (non-hydrogen) atoms. The van der Waals surface area contributed by atoms with Crippen molar-refractivity contribution in [2.24, 2.45) is 0 Å².